The topological polar surface area (TPSA) is 0 Å². The van der Waals surface area contributed by atoms with Crippen molar-refractivity contribution in [1.29, 1.82) is 0 Å². The molecule has 0 aliphatic heterocycles. The van der Waals surface area contributed by atoms with Gasteiger partial charge in [0, 0.05) is 29.9 Å². The van der Waals surface area contributed by atoms with Crippen LogP contribution >= 0.6 is 22.7 Å². The monoisotopic (exact) mass is 340 g/mol. The van der Waals surface area contributed by atoms with Gasteiger partial charge >= 0.3 is 0 Å². The fourth-order valence-corrected chi connectivity index (χ4v) is 4.48. The van der Waals surface area contributed by atoms with Crippen LogP contribution in [0.15, 0.2) is 54.6 Å². The molecule has 0 radical (unpaired) electrons. The van der Waals surface area contributed by atoms with Crippen molar-refractivity contribution in [2.24, 2.45) is 0 Å². The second-order valence-electron chi connectivity index (χ2n) is 4.72. The zero-order chi connectivity index (χ0) is 16.8. The molecule has 2 heteroatoms. The Balaban J connectivity index is 0.000000448. The smallest absolute Gasteiger partial charge is 0.0361 e. The van der Waals surface area contributed by atoms with Gasteiger partial charge in [0.1, 0.15) is 0 Å². The zero-order valence-electron chi connectivity index (χ0n) is 14.5. The Bertz CT molecular complexity index is 881. The molecular formula is C21H24S2. The minimum Gasteiger partial charge on any atom is -0.141 e. The summed E-state index contributed by atoms with van der Waals surface area (Å²) in [6.07, 6.45) is 0. The first kappa shape index (κ1) is 17.7. The molecule has 4 rings (SSSR count). The standard InChI is InChI=1S/C17H12S2.2C2H6/c1-11-6-9-15(18-11)12-7-8-14-13-4-2-3-5-16(13)19-17(14)10-12;2*1-2/h2-10H,1H3;2*1-2H3. The second kappa shape index (κ2) is 8.28. The van der Waals surface area contributed by atoms with Crippen LogP contribution in [-0.2, 0) is 0 Å². The molecule has 0 saturated carbocycles. The van der Waals surface area contributed by atoms with Crippen molar-refractivity contribution in [3.05, 3.63) is 59.5 Å². The van der Waals surface area contributed by atoms with Crippen molar-refractivity contribution in [2.45, 2.75) is 34.6 Å². The first-order valence-corrected chi connectivity index (χ1v) is 9.93. The lowest BCUT2D eigenvalue weighted by molar-refractivity contribution is 1.50. The van der Waals surface area contributed by atoms with Crippen LogP contribution in [0.4, 0.5) is 0 Å². The van der Waals surface area contributed by atoms with Crippen LogP contribution in [0.1, 0.15) is 32.6 Å². The lowest BCUT2D eigenvalue weighted by Crippen LogP contribution is -1.71. The lowest BCUT2D eigenvalue weighted by atomic mass is 10.1. The average Bonchev–Trinajstić information content (AvgIpc) is 3.21. The van der Waals surface area contributed by atoms with Crippen LogP contribution in [0, 0.1) is 6.92 Å². The highest BCUT2D eigenvalue weighted by atomic mass is 32.1. The molecule has 4 aromatic rings. The Labute approximate surface area is 147 Å². The van der Waals surface area contributed by atoms with Crippen LogP contribution in [0.25, 0.3) is 30.6 Å². The van der Waals surface area contributed by atoms with Gasteiger partial charge in [0.15, 0.2) is 0 Å². The molecule has 23 heavy (non-hydrogen) atoms. The van der Waals surface area contributed by atoms with Crippen LogP contribution < -0.4 is 0 Å². The molecule has 0 aliphatic rings. The van der Waals surface area contributed by atoms with Gasteiger partial charge in [-0.2, -0.15) is 0 Å². The van der Waals surface area contributed by atoms with Crippen molar-refractivity contribution in [3.8, 4) is 10.4 Å². The molecule has 0 atom stereocenters. The molecule has 0 amide bonds. The average molecular weight is 341 g/mol. The van der Waals surface area contributed by atoms with Gasteiger partial charge in [-0.05, 0) is 36.8 Å². The second-order valence-corrected chi connectivity index (χ2v) is 7.09. The highest BCUT2D eigenvalue weighted by Gasteiger charge is 2.07. The Kier molecular flexibility index (Phi) is 6.37. The van der Waals surface area contributed by atoms with E-state index in [-0.39, 0.29) is 0 Å². The van der Waals surface area contributed by atoms with E-state index in [0.717, 1.165) is 0 Å². The quantitative estimate of drug-likeness (QED) is 0.328. The van der Waals surface area contributed by atoms with E-state index < -0.39 is 0 Å². The predicted octanol–water partition coefficient (Wildman–Crippen LogP) is 8.14. The molecule has 2 aromatic carbocycles. The summed E-state index contributed by atoms with van der Waals surface area (Å²) in [5.74, 6) is 0. The summed E-state index contributed by atoms with van der Waals surface area (Å²) >= 11 is 3.74. The van der Waals surface area contributed by atoms with E-state index in [0.29, 0.717) is 0 Å². The van der Waals surface area contributed by atoms with Gasteiger partial charge in [0.05, 0.1) is 0 Å². The van der Waals surface area contributed by atoms with Crippen molar-refractivity contribution in [2.75, 3.05) is 0 Å². The highest BCUT2D eigenvalue weighted by Crippen LogP contribution is 2.37. The van der Waals surface area contributed by atoms with Crippen LogP contribution in [0.3, 0.4) is 0 Å². The molecule has 2 aromatic heterocycles. The normalized spacial score (nSPS) is 9.96. The number of hydrogen-bond acceptors (Lipinski definition) is 2. The zero-order valence-corrected chi connectivity index (χ0v) is 16.1. The predicted molar refractivity (Wildman–Crippen MR) is 110 cm³/mol. The maximum absolute atomic E-state index is 2.32. The van der Waals surface area contributed by atoms with Gasteiger partial charge in [-0.3, -0.25) is 0 Å². The number of benzene rings is 2. The van der Waals surface area contributed by atoms with Gasteiger partial charge in [-0.25, -0.2) is 0 Å². The summed E-state index contributed by atoms with van der Waals surface area (Å²) in [5.41, 5.74) is 1.33. The van der Waals surface area contributed by atoms with Crippen molar-refractivity contribution < 1.29 is 0 Å². The van der Waals surface area contributed by atoms with E-state index >= 15 is 0 Å². The minimum absolute atomic E-state index is 1.33. The van der Waals surface area contributed by atoms with Crippen LogP contribution in [0.2, 0.25) is 0 Å². The summed E-state index contributed by atoms with van der Waals surface area (Å²) < 4.78 is 2.75. The summed E-state index contributed by atoms with van der Waals surface area (Å²) in [4.78, 5) is 2.73. The lowest BCUT2D eigenvalue weighted by Gasteiger charge is -1.97. The Morgan fingerprint density at radius 3 is 2.04 bits per heavy atom. The number of fused-ring (bicyclic) bond motifs is 3. The van der Waals surface area contributed by atoms with Crippen molar-refractivity contribution >= 4 is 42.8 Å². The third-order valence-corrected chi connectivity index (χ3v) is 5.59. The van der Waals surface area contributed by atoms with Gasteiger partial charge in [0.2, 0.25) is 0 Å². The molecule has 2 heterocycles. The van der Waals surface area contributed by atoms with Gasteiger partial charge in [0.25, 0.3) is 0 Å². The Hall–Kier alpha value is -1.64. The largest absolute Gasteiger partial charge is 0.141 e. The van der Waals surface area contributed by atoms with Gasteiger partial charge < -0.3 is 0 Å². The van der Waals surface area contributed by atoms with Crippen LogP contribution in [0.5, 0.6) is 0 Å². The first-order chi connectivity index (χ1) is 11.3. The molecule has 0 aliphatic carbocycles. The van der Waals surface area contributed by atoms with E-state index in [9.17, 15) is 0 Å². The molecule has 0 bridgehead atoms. The molecule has 0 unspecified atom stereocenters. The third kappa shape index (κ3) is 3.65. The summed E-state index contributed by atoms with van der Waals surface area (Å²) in [6.45, 7) is 10.2. The van der Waals surface area contributed by atoms with E-state index in [1.165, 1.54) is 35.5 Å². The Morgan fingerprint density at radius 1 is 0.652 bits per heavy atom. The summed E-state index contributed by atoms with van der Waals surface area (Å²) in [5, 5.41) is 2.74. The number of rotatable bonds is 1. The first-order valence-electron chi connectivity index (χ1n) is 8.29. The van der Waals surface area contributed by atoms with E-state index in [1.807, 2.05) is 50.4 Å². The molecular weight excluding hydrogens is 316 g/mol. The minimum atomic E-state index is 1.33. The van der Waals surface area contributed by atoms with Gasteiger partial charge in [-0.1, -0.05) is 58.0 Å². The number of hydrogen-bond donors (Lipinski definition) is 0. The molecule has 0 spiro atoms. The molecule has 0 fully saturated rings. The summed E-state index contributed by atoms with van der Waals surface area (Å²) in [7, 11) is 0. The molecule has 0 N–H and O–H groups in total. The van der Waals surface area contributed by atoms with Crippen molar-refractivity contribution in [1.82, 2.24) is 0 Å². The van der Waals surface area contributed by atoms with E-state index in [1.54, 1.807) is 0 Å². The fourth-order valence-electron chi connectivity index (χ4n) is 2.47. The molecule has 120 valence electrons. The van der Waals surface area contributed by atoms with E-state index in [2.05, 4.69) is 61.5 Å². The Morgan fingerprint density at radius 2 is 1.35 bits per heavy atom. The van der Waals surface area contributed by atoms with Gasteiger partial charge in [-0.15, -0.1) is 22.7 Å². The maximum Gasteiger partial charge on any atom is 0.0361 e. The number of aryl methyl sites for hydroxylation is 1. The maximum atomic E-state index is 2.32. The summed E-state index contributed by atoms with van der Waals surface area (Å²) in [6, 6.07) is 19.9. The molecule has 0 nitrogen and oxygen atoms in total. The third-order valence-electron chi connectivity index (χ3n) is 3.40. The molecule has 0 saturated heterocycles. The van der Waals surface area contributed by atoms with E-state index in [4.69, 9.17) is 0 Å². The fraction of sp³-hybridized carbons (Fsp3) is 0.238. The van der Waals surface area contributed by atoms with Crippen LogP contribution in [-0.4, -0.2) is 0 Å². The van der Waals surface area contributed by atoms with Crippen molar-refractivity contribution in [3.63, 3.8) is 0 Å². The number of thiophene rings is 2. The highest BCUT2D eigenvalue weighted by molar-refractivity contribution is 7.25. The SMILES string of the molecule is CC.CC.Cc1ccc(-c2ccc3c(c2)sc2ccccc23)s1.